The van der Waals surface area contributed by atoms with Crippen LogP contribution in [0.1, 0.15) is 29.1 Å². The van der Waals surface area contributed by atoms with Crippen LogP contribution in [-0.4, -0.2) is 38.8 Å². The van der Waals surface area contributed by atoms with E-state index >= 15 is 0 Å². The highest BCUT2D eigenvalue weighted by molar-refractivity contribution is 6.11. The minimum atomic E-state index is -0.528. The minimum Gasteiger partial charge on any atom is -0.494 e. The molecule has 0 radical (unpaired) electrons. The molecule has 1 N–H and O–H groups in total. The SMILES string of the molecule is CCOc1ccc(N2C(=O)c3cccnc3[C@H]2Nc2cc(OC)c(OC)c(OC)c2)cc1. The van der Waals surface area contributed by atoms with Crippen molar-refractivity contribution in [3.05, 3.63) is 66.0 Å². The van der Waals surface area contributed by atoms with Gasteiger partial charge < -0.3 is 24.3 Å². The number of hydrogen-bond acceptors (Lipinski definition) is 7. The molecule has 8 nitrogen and oxygen atoms in total. The maximum atomic E-state index is 13.3. The van der Waals surface area contributed by atoms with E-state index in [9.17, 15) is 4.79 Å². The van der Waals surface area contributed by atoms with Gasteiger partial charge in [0, 0.05) is 29.7 Å². The number of ether oxygens (including phenoxy) is 4. The van der Waals surface area contributed by atoms with E-state index in [2.05, 4.69) is 10.3 Å². The van der Waals surface area contributed by atoms with Crippen molar-refractivity contribution in [3.63, 3.8) is 0 Å². The standard InChI is InChI=1S/C24H25N3O5/c1-5-32-17-10-8-16(9-11-17)27-23(21-18(24(27)28)7-6-12-25-21)26-15-13-19(29-2)22(31-4)20(14-15)30-3/h6-14,23,26H,5H2,1-4H3/t23-/m0/s1. The van der Waals surface area contributed by atoms with E-state index in [1.807, 2.05) is 31.2 Å². The molecule has 1 aromatic heterocycles. The van der Waals surface area contributed by atoms with E-state index in [1.54, 1.807) is 56.7 Å². The Bertz CT molecular complexity index is 1090. The molecule has 166 valence electrons. The zero-order valence-corrected chi connectivity index (χ0v) is 18.4. The molecule has 0 saturated heterocycles. The molecular weight excluding hydrogens is 410 g/mol. The Morgan fingerprint density at radius 2 is 1.69 bits per heavy atom. The van der Waals surface area contributed by atoms with Crippen LogP contribution in [0.25, 0.3) is 0 Å². The number of carbonyl (C=O) groups is 1. The number of fused-ring (bicyclic) bond motifs is 1. The van der Waals surface area contributed by atoms with Crippen LogP contribution in [-0.2, 0) is 0 Å². The number of rotatable bonds is 8. The maximum Gasteiger partial charge on any atom is 0.262 e. The van der Waals surface area contributed by atoms with Gasteiger partial charge in [-0.3, -0.25) is 14.7 Å². The Balaban J connectivity index is 1.75. The fourth-order valence-corrected chi connectivity index (χ4v) is 3.78. The average Bonchev–Trinajstić information content (AvgIpc) is 3.10. The first-order chi connectivity index (χ1) is 15.6. The quantitative estimate of drug-likeness (QED) is 0.566. The molecule has 1 amide bonds. The molecule has 2 aromatic carbocycles. The number of anilines is 2. The molecule has 32 heavy (non-hydrogen) atoms. The van der Waals surface area contributed by atoms with Crippen LogP contribution in [0.4, 0.5) is 11.4 Å². The third-order valence-electron chi connectivity index (χ3n) is 5.20. The lowest BCUT2D eigenvalue weighted by atomic mass is 10.2. The fourth-order valence-electron chi connectivity index (χ4n) is 3.78. The first kappa shape index (κ1) is 21.3. The van der Waals surface area contributed by atoms with Crippen LogP contribution in [0.3, 0.4) is 0 Å². The number of nitrogens with zero attached hydrogens (tertiary/aromatic N) is 2. The lowest BCUT2D eigenvalue weighted by molar-refractivity contribution is 0.0993. The van der Waals surface area contributed by atoms with Crippen molar-refractivity contribution in [2.45, 2.75) is 13.1 Å². The van der Waals surface area contributed by atoms with E-state index in [-0.39, 0.29) is 5.91 Å². The van der Waals surface area contributed by atoms with E-state index in [4.69, 9.17) is 18.9 Å². The van der Waals surface area contributed by atoms with Gasteiger partial charge in [-0.15, -0.1) is 0 Å². The zero-order chi connectivity index (χ0) is 22.7. The zero-order valence-electron chi connectivity index (χ0n) is 18.4. The molecule has 1 atom stereocenters. The molecule has 2 heterocycles. The number of amides is 1. The Morgan fingerprint density at radius 1 is 1.00 bits per heavy atom. The van der Waals surface area contributed by atoms with E-state index < -0.39 is 6.17 Å². The van der Waals surface area contributed by atoms with Gasteiger partial charge in [-0.1, -0.05) is 0 Å². The maximum absolute atomic E-state index is 13.3. The normalized spacial score (nSPS) is 14.7. The summed E-state index contributed by atoms with van der Waals surface area (Å²) in [6.45, 7) is 2.50. The number of hydrogen-bond donors (Lipinski definition) is 1. The summed E-state index contributed by atoms with van der Waals surface area (Å²) in [6, 6.07) is 14.5. The largest absolute Gasteiger partial charge is 0.494 e. The highest BCUT2D eigenvalue weighted by Crippen LogP contribution is 2.43. The van der Waals surface area contributed by atoms with Crippen LogP contribution in [0.15, 0.2) is 54.7 Å². The number of methoxy groups -OCH3 is 3. The molecule has 0 bridgehead atoms. The summed E-state index contributed by atoms with van der Waals surface area (Å²) in [5.41, 5.74) is 2.60. The van der Waals surface area contributed by atoms with Crippen molar-refractivity contribution in [3.8, 4) is 23.0 Å². The fraction of sp³-hybridized carbons (Fsp3) is 0.250. The van der Waals surface area contributed by atoms with Crippen LogP contribution in [0.5, 0.6) is 23.0 Å². The number of aromatic nitrogens is 1. The molecule has 0 fully saturated rings. The molecule has 0 aliphatic carbocycles. The van der Waals surface area contributed by atoms with Crippen LogP contribution >= 0.6 is 0 Å². The lowest BCUT2D eigenvalue weighted by Gasteiger charge is -2.27. The van der Waals surface area contributed by atoms with E-state index in [1.165, 1.54) is 0 Å². The van der Waals surface area contributed by atoms with Gasteiger partial charge in [0.1, 0.15) is 5.75 Å². The smallest absolute Gasteiger partial charge is 0.262 e. The minimum absolute atomic E-state index is 0.137. The molecule has 1 aliphatic heterocycles. The number of carbonyl (C=O) groups excluding carboxylic acids is 1. The second-order valence-corrected chi connectivity index (χ2v) is 7.00. The number of benzene rings is 2. The first-order valence-electron chi connectivity index (χ1n) is 10.2. The summed E-state index contributed by atoms with van der Waals surface area (Å²) in [7, 11) is 4.67. The molecular formula is C24H25N3O5. The molecule has 1 aliphatic rings. The summed E-state index contributed by atoms with van der Waals surface area (Å²) < 4.78 is 21.9. The van der Waals surface area contributed by atoms with Gasteiger partial charge in [0.15, 0.2) is 17.7 Å². The van der Waals surface area contributed by atoms with Gasteiger partial charge >= 0.3 is 0 Å². The van der Waals surface area contributed by atoms with Crippen LogP contribution in [0.2, 0.25) is 0 Å². The third-order valence-corrected chi connectivity index (χ3v) is 5.20. The summed E-state index contributed by atoms with van der Waals surface area (Å²) >= 11 is 0. The van der Waals surface area contributed by atoms with Crippen molar-refractivity contribution in [2.75, 3.05) is 38.2 Å². The first-order valence-corrected chi connectivity index (χ1v) is 10.2. The predicted molar refractivity (Wildman–Crippen MR) is 121 cm³/mol. The highest BCUT2D eigenvalue weighted by atomic mass is 16.5. The average molecular weight is 435 g/mol. The lowest BCUT2D eigenvalue weighted by Crippen LogP contribution is -2.32. The van der Waals surface area contributed by atoms with Gasteiger partial charge in [-0.25, -0.2) is 0 Å². The summed E-state index contributed by atoms with van der Waals surface area (Å²) in [5, 5.41) is 3.41. The number of nitrogens with one attached hydrogen (secondary N) is 1. The van der Waals surface area contributed by atoms with Gasteiger partial charge in [-0.2, -0.15) is 0 Å². The molecule has 3 aromatic rings. The Labute approximate surface area is 186 Å². The third kappa shape index (κ3) is 3.75. The van der Waals surface area contributed by atoms with Crippen molar-refractivity contribution in [1.82, 2.24) is 4.98 Å². The molecule has 0 unspecified atom stereocenters. The molecule has 4 rings (SSSR count). The Hall–Kier alpha value is -3.94. The van der Waals surface area contributed by atoms with Gasteiger partial charge in [0.2, 0.25) is 5.75 Å². The van der Waals surface area contributed by atoms with Crippen molar-refractivity contribution in [1.29, 1.82) is 0 Å². The van der Waals surface area contributed by atoms with Gasteiger partial charge in [0.25, 0.3) is 5.91 Å². The summed E-state index contributed by atoms with van der Waals surface area (Å²) in [5.74, 6) is 2.11. The van der Waals surface area contributed by atoms with Crippen molar-refractivity contribution in [2.24, 2.45) is 0 Å². The van der Waals surface area contributed by atoms with Crippen molar-refractivity contribution < 1.29 is 23.7 Å². The highest BCUT2D eigenvalue weighted by Gasteiger charge is 2.39. The predicted octanol–water partition coefficient (Wildman–Crippen LogP) is 4.28. The molecule has 0 saturated carbocycles. The van der Waals surface area contributed by atoms with E-state index in [0.717, 1.165) is 11.4 Å². The summed E-state index contributed by atoms with van der Waals surface area (Å²) in [6.07, 6.45) is 1.15. The van der Waals surface area contributed by atoms with Crippen LogP contribution < -0.4 is 29.2 Å². The monoisotopic (exact) mass is 435 g/mol. The topological polar surface area (TPSA) is 82.2 Å². The van der Waals surface area contributed by atoms with E-state index in [0.29, 0.717) is 40.8 Å². The Kier molecular flexibility index (Phi) is 6.02. The van der Waals surface area contributed by atoms with Crippen molar-refractivity contribution >= 4 is 17.3 Å². The second kappa shape index (κ2) is 9.05. The molecule has 0 spiro atoms. The number of pyridine rings is 1. The van der Waals surface area contributed by atoms with Gasteiger partial charge in [0.05, 0.1) is 39.2 Å². The van der Waals surface area contributed by atoms with Crippen LogP contribution in [0, 0.1) is 0 Å². The molecule has 8 heteroatoms. The van der Waals surface area contributed by atoms with Gasteiger partial charge in [-0.05, 0) is 43.3 Å². The Morgan fingerprint density at radius 3 is 2.28 bits per heavy atom. The summed E-state index contributed by atoms with van der Waals surface area (Å²) in [4.78, 5) is 19.5. The second-order valence-electron chi connectivity index (χ2n) is 7.00.